The van der Waals surface area contributed by atoms with E-state index in [4.69, 9.17) is 23.2 Å². The second-order valence-electron chi connectivity index (χ2n) is 4.18. The lowest BCUT2D eigenvalue weighted by Gasteiger charge is -2.09. The summed E-state index contributed by atoms with van der Waals surface area (Å²) in [6, 6.07) is 4.78. The van der Waals surface area contributed by atoms with Gasteiger partial charge in [-0.2, -0.15) is 0 Å². The van der Waals surface area contributed by atoms with Gasteiger partial charge in [-0.15, -0.1) is 0 Å². The van der Waals surface area contributed by atoms with E-state index in [0.29, 0.717) is 28.7 Å². The third-order valence-electron chi connectivity index (χ3n) is 2.54. The Morgan fingerprint density at radius 2 is 1.76 bits per heavy atom. The molecule has 3 N–H and O–H groups in total. The molecule has 0 fully saturated rings. The summed E-state index contributed by atoms with van der Waals surface area (Å²) in [6.45, 7) is 6.52. The number of halogens is 2. The highest BCUT2D eigenvalue weighted by Crippen LogP contribution is 2.22. The van der Waals surface area contributed by atoms with Crippen LogP contribution in [0.5, 0.6) is 0 Å². The van der Waals surface area contributed by atoms with Crippen LogP contribution in [0.1, 0.15) is 24.2 Å². The molecular weight excluding hydrogens is 311 g/mol. The maximum Gasteiger partial charge on any atom is 0.251 e. The molecule has 0 saturated carbocycles. The number of carbonyl (C=O) groups excluding carboxylic acids is 1. The number of nitrogens with one attached hydrogen (secondary N) is 3. The Morgan fingerprint density at radius 1 is 1.10 bits per heavy atom. The fourth-order valence-corrected chi connectivity index (χ4v) is 1.88. The molecule has 1 aromatic carbocycles. The Labute approximate surface area is 135 Å². The molecule has 5 nitrogen and oxygen atoms in total. The van der Waals surface area contributed by atoms with Crippen LogP contribution in [0, 0.1) is 0 Å². The van der Waals surface area contributed by atoms with Gasteiger partial charge in [-0.25, -0.2) is 0 Å². The van der Waals surface area contributed by atoms with Gasteiger partial charge in [0.25, 0.3) is 5.91 Å². The van der Waals surface area contributed by atoms with Gasteiger partial charge in [0.2, 0.25) is 0 Å². The number of hydrogen-bond acceptors (Lipinski definition) is 2. The van der Waals surface area contributed by atoms with Gasteiger partial charge in [0.15, 0.2) is 5.96 Å². The molecule has 0 spiro atoms. The SMILES string of the molecule is CCNC(=NCCNC(=O)c1ccc(Cl)c(Cl)c1)NCC. The van der Waals surface area contributed by atoms with Crippen molar-refractivity contribution in [3.8, 4) is 0 Å². The lowest BCUT2D eigenvalue weighted by atomic mass is 10.2. The van der Waals surface area contributed by atoms with Crippen LogP contribution in [0.2, 0.25) is 10.0 Å². The molecule has 116 valence electrons. The number of guanidine groups is 1. The Kier molecular flexibility index (Phi) is 7.93. The molecule has 0 unspecified atom stereocenters. The summed E-state index contributed by atoms with van der Waals surface area (Å²) >= 11 is 11.7. The molecule has 0 radical (unpaired) electrons. The molecule has 0 atom stereocenters. The van der Waals surface area contributed by atoms with Crippen molar-refractivity contribution in [2.45, 2.75) is 13.8 Å². The Morgan fingerprint density at radius 3 is 2.33 bits per heavy atom. The van der Waals surface area contributed by atoms with Gasteiger partial charge in [-0.1, -0.05) is 23.2 Å². The van der Waals surface area contributed by atoms with Crippen LogP contribution in [0.3, 0.4) is 0 Å². The first-order valence-corrected chi connectivity index (χ1v) is 7.59. The predicted octanol–water partition coefficient (Wildman–Crippen LogP) is 2.30. The molecule has 0 heterocycles. The van der Waals surface area contributed by atoms with E-state index in [0.717, 1.165) is 19.0 Å². The first-order valence-electron chi connectivity index (χ1n) is 6.83. The first kappa shape index (κ1) is 17.6. The molecule has 0 aliphatic carbocycles. The normalized spacial score (nSPS) is 9.90. The number of nitrogens with zero attached hydrogens (tertiary/aromatic N) is 1. The molecule has 0 aliphatic rings. The highest BCUT2D eigenvalue weighted by molar-refractivity contribution is 6.42. The quantitative estimate of drug-likeness (QED) is 0.426. The minimum absolute atomic E-state index is 0.197. The maximum atomic E-state index is 11.9. The second kappa shape index (κ2) is 9.47. The minimum Gasteiger partial charge on any atom is -0.357 e. The fourth-order valence-electron chi connectivity index (χ4n) is 1.59. The van der Waals surface area contributed by atoms with Crippen LogP contribution in [0.15, 0.2) is 23.2 Å². The van der Waals surface area contributed by atoms with Crippen molar-refractivity contribution in [1.29, 1.82) is 0 Å². The van der Waals surface area contributed by atoms with Crippen molar-refractivity contribution in [3.05, 3.63) is 33.8 Å². The van der Waals surface area contributed by atoms with Crippen LogP contribution in [-0.2, 0) is 0 Å². The number of aliphatic imine (C=N–C) groups is 1. The van der Waals surface area contributed by atoms with Crippen molar-refractivity contribution in [2.75, 3.05) is 26.2 Å². The first-order chi connectivity index (χ1) is 10.1. The Balaban J connectivity index is 2.45. The minimum atomic E-state index is -0.197. The number of amides is 1. The summed E-state index contributed by atoms with van der Waals surface area (Å²) < 4.78 is 0. The van der Waals surface area contributed by atoms with Crippen molar-refractivity contribution < 1.29 is 4.79 Å². The molecular formula is C14H20Cl2N4O. The largest absolute Gasteiger partial charge is 0.357 e. The van der Waals surface area contributed by atoms with E-state index in [2.05, 4.69) is 20.9 Å². The third kappa shape index (κ3) is 6.23. The van der Waals surface area contributed by atoms with E-state index in [-0.39, 0.29) is 5.91 Å². The molecule has 1 rings (SSSR count). The average molecular weight is 331 g/mol. The summed E-state index contributed by atoms with van der Waals surface area (Å²) in [6.07, 6.45) is 0. The van der Waals surface area contributed by atoms with Crippen LogP contribution in [0.25, 0.3) is 0 Å². The zero-order valence-corrected chi connectivity index (χ0v) is 13.7. The monoisotopic (exact) mass is 330 g/mol. The number of carbonyl (C=O) groups is 1. The summed E-state index contributed by atoms with van der Waals surface area (Å²) in [5.41, 5.74) is 0.479. The van der Waals surface area contributed by atoms with Gasteiger partial charge < -0.3 is 16.0 Å². The topological polar surface area (TPSA) is 65.5 Å². The highest BCUT2D eigenvalue weighted by atomic mass is 35.5. The number of rotatable bonds is 6. The fraction of sp³-hybridized carbons (Fsp3) is 0.429. The molecule has 21 heavy (non-hydrogen) atoms. The van der Waals surface area contributed by atoms with E-state index in [1.54, 1.807) is 18.2 Å². The number of hydrogen-bond donors (Lipinski definition) is 3. The smallest absolute Gasteiger partial charge is 0.251 e. The van der Waals surface area contributed by atoms with E-state index >= 15 is 0 Å². The summed E-state index contributed by atoms with van der Waals surface area (Å²) in [5.74, 6) is 0.543. The number of benzene rings is 1. The standard InChI is InChI=1S/C14H20Cl2N4O/c1-3-17-14(18-4-2)20-8-7-19-13(21)10-5-6-11(15)12(16)9-10/h5-6,9H,3-4,7-8H2,1-2H3,(H,19,21)(H2,17,18,20). The zero-order chi connectivity index (χ0) is 15.7. The molecule has 0 aliphatic heterocycles. The molecule has 0 aromatic heterocycles. The van der Waals surface area contributed by atoms with Gasteiger partial charge in [-0.05, 0) is 32.0 Å². The predicted molar refractivity (Wildman–Crippen MR) is 88.5 cm³/mol. The van der Waals surface area contributed by atoms with Crippen molar-refractivity contribution in [2.24, 2.45) is 4.99 Å². The van der Waals surface area contributed by atoms with E-state index in [9.17, 15) is 4.79 Å². The van der Waals surface area contributed by atoms with Crippen molar-refractivity contribution in [1.82, 2.24) is 16.0 Å². The average Bonchev–Trinajstić information content (AvgIpc) is 2.46. The summed E-state index contributed by atoms with van der Waals surface area (Å²) in [7, 11) is 0. The third-order valence-corrected chi connectivity index (χ3v) is 3.28. The molecule has 1 aromatic rings. The van der Waals surface area contributed by atoms with Gasteiger partial charge in [0, 0.05) is 25.2 Å². The molecule has 1 amide bonds. The van der Waals surface area contributed by atoms with Crippen molar-refractivity contribution in [3.63, 3.8) is 0 Å². The summed E-state index contributed by atoms with van der Waals surface area (Å²) in [5, 5.41) is 9.80. The van der Waals surface area contributed by atoms with Crippen molar-refractivity contribution >= 4 is 35.1 Å². The van der Waals surface area contributed by atoms with Gasteiger partial charge in [0.05, 0.1) is 16.6 Å². The van der Waals surface area contributed by atoms with E-state index in [1.807, 2.05) is 13.8 Å². The molecule has 0 bridgehead atoms. The van der Waals surface area contributed by atoms with Gasteiger partial charge >= 0.3 is 0 Å². The van der Waals surface area contributed by atoms with Gasteiger partial charge in [-0.3, -0.25) is 9.79 Å². The molecule has 0 saturated heterocycles. The Bertz CT molecular complexity index is 498. The maximum absolute atomic E-state index is 11.9. The summed E-state index contributed by atoms with van der Waals surface area (Å²) in [4.78, 5) is 16.2. The lowest BCUT2D eigenvalue weighted by Crippen LogP contribution is -2.37. The molecule has 7 heteroatoms. The van der Waals surface area contributed by atoms with Crippen LogP contribution >= 0.6 is 23.2 Å². The zero-order valence-electron chi connectivity index (χ0n) is 12.2. The van der Waals surface area contributed by atoms with E-state index < -0.39 is 0 Å². The lowest BCUT2D eigenvalue weighted by molar-refractivity contribution is 0.0955. The van der Waals surface area contributed by atoms with E-state index in [1.165, 1.54) is 0 Å². The Hall–Kier alpha value is -1.46. The van der Waals surface area contributed by atoms with Crippen LogP contribution in [-0.4, -0.2) is 38.0 Å². The van der Waals surface area contributed by atoms with Crippen LogP contribution in [0.4, 0.5) is 0 Å². The highest BCUT2D eigenvalue weighted by Gasteiger charge is 2.07. The second-order valence-corrected chi connectivity index (χ2v) is 4.99. The van der Waals surface area contributed by atoms with Crippen LogP contribution < -0.4 is 16.0 Å². The van der Waals surface area contributed by atoms with Gasteiger partial charge in [0.1, 0.15) is 0 Å².